The number of hydrogen-bond donors (Lipinski definition) is 1. The second kappa shape index (κ2) is 8.53. The van der Waals surface area contributed by atoms with Gasteiger partial charge in [-0.3, -0.25) is 0 Å². The highest BCUT2D eigenvalue weighted by Gasteiger charge is 2.30. The predicted molar refractivity (Wildman–Crippen MR) is 112 cm³/mol. The monoisotopic (exact) mass is 430 g/mol. The summed E-state index contributed by atoms with van der Waals surface area (Å²) in [6.07, 6.45) is -0.387. The van der Waals surface area contributed by atoms with Crippen LogP contribution in [-0.4, -0.2) is 23.1 Å². The molecule has 0 radical (unpaired) electrons. The third kappa shape index (κ3) is 4.78. The molecule has 1 aromatic heterocycles. The molecule has 1 fully saturated rings. The first kappa shape index (κ1) is 21.1. The molecular weight excluding hydrogens is 408 g/mol. The van der Waals surface area contributed by atoms with Crippen LogP contribution in [0, 0.1) is 11.7 Å². The standard InChI is InChI=1S/C23H22F4N4/c24-19-7-3-17(4-8-19)20-21(28)29-14-30-22(20)31-11-9-16(10-12-31)13-15-1-5-18(6-2-15)23(25,26)27/h1-8,14,16H,9-13H2,(H2,28,29,30). The average Bonchev–Trinajstić information content (AvgIpc) is 2.75. The first-order valence-corrected chi connectivity index (χ1v) is 10.1. The van der Waals surface area contributed by atoms with Crippen LogP contribution in [0.3, 0.4) is 0 Å². The van der Waals surface area contributed by atoms with Crippen LogP contribution >= 0.6 is 0 Å². The van der Waals surface area contributed by atoms with E-state index < -0.39 is 11.7 Å². The van der Waals surface area contributed by atoms with Crippen LogP contribution in [0.5, 0.6) is 0 Å². The van der Waals surface area contributed by atoms with Crippen molar-refractivity contribution < 1.29 is 17.6 Å². The van der Waals surface area contributed by atoms with Gasteiger partial charge in [-0.15, -0.1) is 0 Å². The van der Waals surface area contributed by atoms with Gasteiger partial charge in [0.2, 0.25) is 0 Å². The molecule has 4 nitrogen and oxygen atoms in total. The molecule has 0 bridgehead atoms. The minimum Gasteiger partial charge on any atom is -0.383 e. The number of nitrogen functional groups attached to an aromatic ring is 1. The molecule has 0 amide bonds. The maximum absolute atomic E-state index is 13.3. The van der Waals surface area contributed by atoms with Gasteiger partial charge in [0.05, 0.1) is 11.1 Å². The van der Waals surface area contributed by atoms with Crippen LogP contribution in [0.4, 0.5) is 29.2 Å². The molecule has 2 heterocycles. The van der Waals surface area contributed by atoms with E-state index in [1.165, 1.54) is 18.5 Å². The van der Waals surface area contributed by atoms with E-state index >= 15 is 0 Å². The number of anilines is 2. The van der Waals surface area contributed by atoms with E-state index in [1.54, 1.807) is 24.3 Å². The van der Waals surface area contributed by atoms with Gasteiger partial charge in [0.25, 0.3) is 0 Å². The Balaban J connectivity index is 1.45. The Labute approximate surface area is 177 Å². The third-order valence-corrected chi connectivity index (χ3v) is 5.71. The summed E-state index contributed by atoms with van der Waals surface area (Å²) in [5.41, 5.74) is 7.84. The highest BCUT2D eigenvalue weighted by molar-refractivity contribution is 5.84. The Morgan fingerprint density at radius 2 is 1.58 bits per heavy atom. The van der Waals surface area contributed by atoms with Gasteiger partial charge in [-0.25, -0.2) is 14.4 Å². The van der Waals surface area contributed by atoms with Crippen LogP contribution in [0.15, 0.2) is 54.9 Å². The Bertz CT molecular complexity index is 1020. The van der Waals surface area contributed by atoms with E-state index in [0.29, 0.717) is 23.1 Å². The summed E-state index contributed by atoms with van der Waals surface area (Å²) in [6, 6.07) is 11.5. The van der Waals surface area contributed by atoms with E-state index in [4.69, 9.17) is 5.73 Å². The maximum atomic E-state index is 13.3. The zero-order chi connectivity index (χ0) is 22.0. The largest absolute Gasteiger partial charge is 0.416 e. The number of halogens is 4. The highest BCUT2D eigenvalue weighted by Crippen LogP contribution is 2.35. The topological polar surface area (TPSA) is 55.0 Å². The molecular formula is C23H22F4N4. The van der Waals surface area contributed by atoms with Crippen LogP contribution in [0.2, 0.25) is 0 Å². The van der Waals surface area contributed by atoms with Crippen LogP contribution in [0.1, 0.15) is 24.0 Å². The Morgan fingerprint density at radius 3 is 2.19 bits per heavy atom. The lowest BCUT2D eigenvalue weighted by Gasteiger charge is -2.34. The number of hydrogen-bond acceptors (Lipinski definition) is 4. The van der Waals surface area contributed by atoms with Crippen LogP contribution in [-0.2, 0) is 12.6 Å². The highest BCUT2D eigenvalue weighted by atomic mass is 19.4. The van der Waals surface area contributed by atoms with E-state index in [2.05, 4.69) is 14.9 Å². The quantitative estimate of drug-likeness (QED) is 0.568. The fraction of sp³-hybridized carbons (Fsp3) is 0.304. The number of piperidine rings is 1. The molecule has 0 unspecified atom stereocenters. The first-order chi connectivity index (χ1) is 14.8. The van der Waals surface area contributed by atoms with Crippen molar-refractivity contribution in [2.45, 2.75) is 25.4 Å². The minimum atomic E-state index is -4.31. The number of nitrogens with zero attached hydrogens (tertiary/aromatic N) is 3. The van der Waals surface area contributed by atoms with Crippen molar-refractivity contribution in [2.75, 3.05) is 23.7 Å². The number of rotatable bonds is 4. The summed E-state index contributed by atoms with van der Waals surface area (Å²) in [4.78, 5) is 10.7. The SMILES string of the molecule is Nc1ncnc(N2CCC(Cc3ccc(C(F)(F)F)cc3)CC2)c1-c1ccc(F)cc1. The van der Waals surface area contributed by atoms with Crippen molar-refractivity contribution in [3.63, 3.8) is 0 Å². The molecule has 0 atom stereocenters. The van der Waals surface area contributed by atoms with Crippen molar-refractivity contribution in [3.8, 4) is 11.1 Å². The fourth-order valence-corrected chi connectivity index (χ4v) is 4.03. The Morgan fingerprint density at radius 1 is 0.935 bits per heavy atom. The molecule has 0 saturated carbocycles. The molecule has 2 aromatic carbocycles. The second-order valence-corrected chi connectivity index (χ2v) is 7.79. The molecule has 1 aliphatic heterocycles. The summed E-state index contributed by atoms with van der Waals surface area (Å²) >= 11 is 0. The van der Waals surface area contributed by atoms with E-state index in [9.17, 15) is 17.6 Å². The summed E-state index contributed by atoms with van der Waals surface area (Å²) < 4.78 is 51.6. The minimum absolute atomic E-state index is 0.329. The van der Waals surface area contributed by atoms with Crippen molar-refractivity contribution >= 4 is 11.6 Å². The Kier molecular flexibility index (Phi) is 5.80. The lowest BCUT2D eigenvalue weighted by atomic mass is 9.89. The maximum Gasteiger partial charge on any atom is 0.416 e. The number of nitrogens with two attached hydrogens (primary N) is 1. The van der Waals surface area contributed by atoms with Crippen LogP contribution in [0.25, 0.3) is 11.1 Å². The number of aromatic nitrogens is 2. The van der Waals surface area contributed by atoms with E-state index in [-0.39, 0.29) is 5.82 Å². The van der Waals surface area contributed by atoms with Crippen molar-refractivity contribution in [2.24, 2.45) is 5.92 Å². The van der Waals surface area contributed by atoms with Gasteiger partial charge < -0.3 is 10.6 Å². The fourth-order valence-electron chi connectivity index (χ4n) is 4.03. The first-order valence-electron chi connectivity index (χ1n) is 10.1. The van der Waals surface area contributed by atoms with Gasteiger partial charge >= 0.3 is 6.18 Å². The summed E-state index contributed by atoms with van der Waals surface area (Å²) in [6.45, 7) is 1.49. The number of alkyl halides is 3. The lowest BCUT2D eigenvalue weighted by molar-refractivity contribution is -0.137. The summed E-state index contributed by atoms with van der Waals surface area (Å²) in [5, 5.41) is 0. The molecule has 1 aliphatic rings. The predicted octanol–water partition coefficient (Wildman–Crippen LogP) is 5.34. The second-order valence-electron chi connectivity index (χ2n) is 7.79. The van der Waals surface area contributed by atoms with Gasteiger partial charge in [-0.05, 0) is 60.6 Å². The molecule has 162 valence electrons. The molecule has 4 rings (SSSR count). The molecule has 3 aromatic rings. The molecule has 0 aliphatic carbocycles. The molecule has 0 spiro atoms. The normalized spacial score (nSPS) is 15.3. The van der Waals surface area contributed by atoms with Crippen LogP contribution < -0.4 is 10.6 Å². The zero-order valence-electron chi connectivity index (χ0n) is 16.7. The van der Waals surface area contributed by atoms with Gasteiger partial charge in [0.1, 0.15) is 23.8 Å². The molecule has 2 N–H and O–H groups in total. The summed E-state index contributed by atoms with van der Waals surface area (Å²) in [7, 11) is 0. The van der Waals surface area contributed by atoms with Crippen molar-refractivity contribution in [3.05, 3.63) is 71.8 Å². The van der Waals surface area contributed by atoms with Crippen molar-refractivity contribution in [1.29, 1.82) is 0 Å². The van der Waals surface area contributed by atoms with Gasteiger partial charge in [0.15, 0.2) is 0 Å². The molecule has 1 saturated heterocycles. The number of benzene rings is 2. The average molecular weight is 430 g/mol. The summed E-state index contributed by atoms with van der Waals surface area (Å²) in [5.74, 6) is 1.10. The van der Waals surface area contributed by atoms with E-state index in [0.717, 1.165) is 55.6 Å². The zero-order valence-corrected chi connectivity index (χ0v) is 16.7. The van der Waals surface area contributed by atoms with Crippen molar-refractivity contribution in [1.82, 2.24) is 9.97 Å². The van der Waals surface area contributed by atoms with Gasteiger partial charge in [-0.1, -0.05) is 24.3 Å². The van der Waals surface area contributed by atoms with E-state index in [1.807, 2.05) is 0 Å². The third-order valence-electron chi connectivity index (χ3n) is 5.71. The molecule has 8 heteroatoms. The smallest absolute Gasteiger partial charge is 0.383 e. The van der Waals surface area contributed by atoms with Gasteiger partial charge in [0, 0.05) is 13.1 Å². The molecule has 31 heavy (non-hydrogen) atoms. The Hall–Kier alpha value is -3.16. The lowest BCUT2D eigenvalue weighted by Crippen LogP contribution is -2.35. The van der Waals surface area contributed by atoms with Gasteiger partial charge in [-0.2, -0.15) is 13.2 Å².